The van der Waals surface area contributed by atoms with Crippen LogP contribution in [-0.4, -0.2) is 33.8 Å². The molecule has 7 nitrogen and oxygen atoms in total. The molecule has 0 unspecified atom stereocenters. The number of nitrogens with one attached hydrogen (secondary N) is 1. The first kappa shape index (κ1) is 16.2. The summed E-state index contributed by atoms with van der Waals surface area (Å²) >= 11 is 0. The fraction of sp³-hybridized carbons (Fsp3) is 0.412. The predicted molar refractivity (Wildman–Crippen MR) is 90.5 cm³/mol. The third-order valence-corrected chi connectivity index (χ3v) is 4.28. The molecule has 1 aliphatic rings. The second kappa shape index (κ2) is 7.25. The summed E-state index contributed by atoms with van der Waals surface area (Å²) in [5, 5.41) is 7.01. The average molecular weight is 327 g/mol. The van der Waals surface area contributed by atoms with Gasteiger partial charge in [-0.2, -0.15) is 5.10 Å². The summed E-state index contributed by atoms with van der Waals surface area (Å²) in [6.45, 7) is 1.87. The Morgan fingerprint density at radius 2 is 2.29 bits per heavy atom. The molecule has 1 atom stereocenters. The van der Waals surface area contributed by atoms with E-state index in [0.29, 0.717) is 13.1 Å². The number of carbonyl (C=O) groups is 1. The highest BCUT2D eigenvalue weighted by Gasteiger charge is 2.26. The second-order valence-corrected chi connectivity index (χ2v) is 6.00. The molecule has 3 rings (SSSR count). The van der Waals surface area contributed by atoms with E-state index in [9.17, 15) is 9.59 Å². The number of aromatic nitrogens is 3. The molecule has 2 aromatic rings. The number of rotatable bonds is 4. The number of hydrogen-bond acceptors (Lipinski definition) is 5. The highest BCUT2D eigenvalue weighted by Crippen LogP contribution is 2.21. The molecule has 3 heterocycles. The maximum Gasteiger partial charge on any atom is 0.268 e. The van der Waals surface area contributed by atoms with Crippen LogP contribution in [0.3, 0.4) is 0 Å². The molecule has 24 heavy (non-hydrogen) atoms. The van der Waals surface area contributed by atoms with E-state index in [2.05, 4.69) is 20.3 Å². The summed E-state index contributed by atoms with van der Waals surface area (Å²) in [6.07, 6.45) is 5.15. The lowest BCUT2D eigenvalue weighted by Gasteiger charge is -2.33. The SMILES string of the molecule is Cn1ncc(N2CCC[C@@H](C(=O)NCc3ccccn3)C2)cc1=O. The fourth-order valence-corrected chi connectivity index (χ4v) is 2.88. The number of aryl methyl sites for hydroxylation is 1. The minimum absolute atomic E-state index is 0.0298. The van der Waals surface area contributed by atoms with Crippen LogP contribution in [0, 0.1) is 5.92 Å². The quantitative estimate of drug-likeness (QED) is 0.894. The molecule has 1 amide bonds. The molecule has 0 aliphatic carbocycles. The van der Waals surface area contributed by atoms with E-state index in [-0.39, 0.29) is 17.4 Å². The zero-order valence-electron chi connectivity index (χ0n) is 13.7. The first-order valence-corrected chi connectivity index (χ1v) is 8.09. The summed E-state index contributed by atoms with van der Waals surface area (Å²) in [4.78, 5) is 30.4. The van der Waals surface area contributed by atoms with Crippen molar-refractivity contribution >= 4 is 11.6 Å². The minimum atomic E-state index is -0.144. The molecular weight excluding hydrogens is 306 g/mol. The number of hydrogen-bond donors (Lipinski definition) is 1. The smallest absolute Gasteiger partial charge is 0.268 e. The van der Waals surface area contributed by atoms with Gasteiger partial charge in [0.25, 0.3) is 5.56 Å². The molecule has 1 fully saturated rings. The van der Waals surface area contributed by atoms with E-state index < -0.39 is 0 Å². The van der Waals surface area contributed by atoms with Gasteiger partial charge >= 0.3 is 0 Å². The summed E-state index contributed by atoms with van der Waals surface area (Å²) in [6, 6.07) is 7.21. The summed E-state index contributed by atoms with van der Waals surface area (Å²) in [7, 11) is 1.62. The van der Waals surface area contributed by atoms with E-state index in [0.717, 1.165) is 30.8 Å². The lowest BCUT2D eigenvalue weighted by Crippen LogP contribution is -2.43. The standard InChI is InChI=1S/C17H21N5O2/c1-21-16(23)9-15(11-20-21)22-8-4-5-13(12-22)17(24)19-10-14-6-2-3-7-18-14/h2-3,6-7,9,11,13H,4-5,8,10,12H2,1H3,(H,19,24)/t13-/m1/s1. The molecule has 126 valence electrons. The highest BCUT2D eigenvalue weighted by atomic mass is 16.2. The van der Waals surface area contributed by atoms with E-state index in [4.69, 9.17) is 0 Å². The van der Waals surface area contributed by atoms with Crippen LogP contribution in [0.15, 0.2) is 41.5 Å². The van der Waals surface area contributed by atoms with Gasteiger partial charge in [-0.1, -0.05) is 6.07 Å². The minimum Gasteiger partial charge on any atom is -0.369 e. The number of carbonyl (C=O) groups excluding carboxylic acids is 1. The van der Waals surface area contributed by atoms with Crippen molar-refractivity contribution in [3.05, 3.63) is 52.7 Å². The zero-order chi connectivity index (χ0) is 16.9. The van der Waals surface area contributed by atoms with Crippen molar-refractivity contribution < 1.29 is 4.79 Å². The molecule has 0 radical (unpaired) electrons. The van der Waals surface area contributed by atoms with Crippen LogP contribution >= 0.6 is 0 Å². The van der Waals surface area contributed by atoms with E-state index in [1.54, 1.807) is 25.5 Å². The first-order chi connectivity index (χ1) is 11.6. The van der Waals surface area contributed by atoms with Crippen molar-refractivity contribution in [3.8, 4) is 0 Å². The molecular formula is C17H21N5O2. The Kier molecular flexibility index (Phi) is 4.88. The van der Waals surface area contributed by atoms with Gasteiger partial charge in [-0.15, -0.1) is 0 Å². The van der Waals surface area contributed by atoms with Crippen LogP contribution in [-0.2, 0) is 18.4 Å². The number of pyridine rings is 1. The molecule has 1 aliphatic heterocycles. The Bertz CT molecular complexity index is 759. The van der Waals surface area contributed by atoms with Crippen LogP contribution in [0.4, 0.5) is 5.69 Å². The molecule has 1 saturated heterocycles. The van der Waals surface area contributed by atoms with Gasteiger partial charge < -0.3 is 10.2 Å². The number of nitrogens with zero attached hydrogens (tertiary/aromatic N) is 4. The molecule has 7 heteroatoms. The van der Waals surface area contributed by atoms with Crippen molar-refractivity contribution in [3.63, 3.8) is 0 Å². The zero-order valence-corrected chi connectivity index (χ0v) is 13.7. The van der Waals surface area contributed by atoms with E-state index >= 15 is 0 Å². The normalized spacial score (nSPS) is 17.5. The number of anilines is 1. The van der Waals surface area contributed by atoms with Gasteiger partial charge in [-0.3, -0.25) is 14.6 Å². The Hall–Kier alpha value is -2.70. The van der Waals surface area contributed by atoms with E-state index in [1.807, 2.05) is 18.2 Å². The maximum absolute atomic E-state index is 12.4. The third kappa shape index (κ3) is 3.79. The Balaban J connectivity index is 1.61. The summed E-state index contributed by atoms with van der Waals surface area (Å²) in [5.74, 6) is -0.0614. The van der Waals surface area contributed by atoms with Gasteiger partial charge in [0.2, 0.25) is 5.91 Å². The fourth-order valence-electron chi connectivity index (χ4n) is 2.88. The van der Waals surface area contributed by atoms with Crippen molar-refractivity contribution in [1.82, 2.24) is 20.1 Å². The maximum atomic E-state index is 12.4. The second-order valence-electron chi connectivity index (χ2n) is 6.00. The number of piperidine rings is 1. The first-order valence-electron chi connectivity index (χ1n) is 8.09. The van der Waals surface area contributed by atoms with Crippen LogP contribution in [0.2, 0.25) is 0 Å². The van der Waals surface area contributed by atoms with Crippen molar-refractivity contribution in [1.29, 1.82) is 0 Å². The van der Waals surface area contributed by atoms with Gasteiger partial charge in [0, 0.05) is 32.4 Å². The largest absolute Gasteiger partial charge is 0.369 e. The lowest BCUT2D eigenvalue weighted by atomic mass is 9.97. The Morgan fingerprint density at radius 3 is 3.04 bits per heavy atom. The van der Waals surface area contributed by atoms with E-state index in [1.165, 1.54) is 4.68 Å². The Morgan fingerprint density at radius 1 is 1.42 bits per heavy atom. The third-order valence-electron chi connectivity index (χ3n) is 4.28. The van der Waals surface area contributed by atoms with Crippen molar-refractivity contribution in [2.75, 3.05) is 18.0 Å². The van der Waals surface area contributed by atoms with Gasteiger partial charge in [-0.25, -0.2) is 4.68 Å². The average Bonchev–Trinajstić information content (AvgIpc) is 2.63. The highest BCUT2D eigenvalue weighted by molar-refractivity contribution is 5.79. The summed E-state index contributed by atoms with van der Waals surface area (Å²) in [5.41, 5.74) is 1.48. The molecule has 0 spiro atoms. The molecule has 1 N–H and O–H groups in total. The van der Waals surface area contributed by atoms with Crippen LogP contribution in [0.25, 0.3) is 0 Å². The number of amides is 1. The van der Waals surface area contributed by atoms with Gasteiger partial charge in [0.1, 0.15) is 0 Å². The van der Waals surface area contributed by atoms with Crippen molar-refractivity contribution in [2.24, 2.45) is 13.0 Å². The molecule has 0 bridgehead atoms. The van der Waals surface area contributed by atoms with Gasteiger partial charge in [-0.05, 0) is 25.0 Å². The topological polar surface area (TPSA) is 80.1 Å². The predicted octanol–water partition coefficient (Wildman–Crippen LogP) is 0.708. The Labute approximate surface area is 140 Å². The summed E-state index contributed by atoms with van der Waals surface area (Å²) < 4.78 is 1.30. The van der Waals surface area contributed by atoms with Gasteiger partial charge in [0.15, 0.2) is 0 Å². The van der Waals surface area contributed by atoms with Gasteiger partial charge in [0.05, 0.1) is 30.0 Å². The monoisotopic (exact) mass is 327 g/mol. The molecule has 0 aromatic carbocycles. The van der Waals surface area contributed by atoms with Crippen LogP contribution in [0.5, 0.6) is 0 Å². The van der Waals surface area contributed by atoms with Crippen LogP contribution in [0.1, 0.15) is 18.5 Å². The lowest BCUT2D eigenvalue weighted by molar-refractivity contribution is -0.125. The molecule has 0 saturated carbocycles. The van der Waals surface area contributed by atoms with Crippen molar-refractivity contribution in [2.45, 2.75) is 19.4 Å². The molecule has 2 aromatic heterocycles. The van der Waals surface area contributed by atoms with Crippen LogP contribution < -0.4 is 15.8 Å².